The van der Waals surface area contributed by atoms with Crippen LogP contribution in [0.5, 0.6) is 0 Å². The number of fused-ring (bicyclic) bond motifs is 1. The number of carbonyl (C=O) groups is 3. The Bertz CT molecular complexity index is 948. The van der Waals surface area contributed by atoms with Crippen molar-refractivity contribution < 1.29 is 24.6 Å². The van der Waals surface area contributed by atoms with E-state index in [1.807, 2.05) is 0 Å². The molecule has 3 amide bonds. The monoisotopic (exact) mass is 442 g/mol. The van der Waals surface area contributed by atoms with Crippen molar-refractivity contribution in [2.75, 3.05) is 43.0 Å². The molecule has 4 rings (SSSR count). The van der Waals surface area contributed by atoms with Crippen molar-refractivity contribution in [3.8, 4) is 0 Å². The quantitative estimate of drug-likeness (QED) is 0.471. The molecule has 4 N–H and O–H groups in total. The first-order valence-corrected chi connectivity index (χ1v) is 11.1. The number of amides is 3. The lowest BCUT2D eigenvalue weighted by atomic mass is 9.82. The Hall–Kier alpha value is -2.75. The second-order valence-electron chi connectivity index (χ2n) is 8.66. The van der Waals surface area contributed by atoms with E-state index in [9.17, 15) is 24.6 Å². The van der Waals surface area contributed by atoms with Gasteiger partial charge in [-0.3, -0.25) is 14.4 Å². The number of hydrogen-bond donors (Lipinski definition) is 4. The number of aliphatic hydroxyl groups excluding tert-OH is 1. The second kappa shape index (κ2) is 9.01. The van der Waals surface area contributed by atoms with E-state index < -0.39 is 17.4 Å². The molecule has 32 heavy (non-hydrogen) atoms. The zero-order valence-corrected chi connectivity index (χ0v) is 18.2. The van der Waals surface area contributed by atoms with Crippen LogP contribution in [0.2, 0.25) is 0 Å². The van der Waals surface area contributed by atoms with Gasteiger partial charge in [0.2, 0.25) is 11.8 Å². The fourth-order valence-corrected chi connectivity index (χ4v) is 4.78. The highest BCUT2D eigenvalue weighted by Gasteiger charge is 2.49. The number of aliphatic hydroxyl groups is 2. The van der Waals surface area contributed by atoms with Gasteiger partial charge in [-0.05, 0) is 31.0 Å². The van der Waals surface area contributed by atoms with Crippen LogP contribution in [0, 0.1) is 5.92 Å². The van der Waals surface area contributed by atoms with Gasteiger partial charge >= 0.3 is 0 Å². The fraction of sp³-hybridized carbons (Fsp3) is 0.522. The van der Waals surface area contributed by atoms with Gasteiger partial charge in [0.15, 0.2) is 5.60 Å². The zero-order valence-electron chi connectivity index (χ0n) is 18.2. The summed E-state index contributed by atoms with van der Waals surface area (Å²) in [7, 11) is 0. The van der Waals surface area contributed by atoms with Crippen LogP contribution < -0.4 is 15.5 Å². The zero-order chi connectivity index (χ0) is 22.9. The molecule has 9 nitrogen and oxygen atoms in total. The van der Waals surface area contributed by atoms with Gasteiger partial charge in [0.25, 0.3) is 5.91 Å². The predicted molar refractivity (Wildman–Crippen MR) is 119 cm³/mol. The summed E-state index contributed by atoms with van der Waals surface area (Å²) in [5, 5.41) is 26.6. The number of nitrogens with zero attached hydrogens (tertiary/aromatic N) is 2. The summed E-state index contributed by atoms with van der Waals surface area (Å²) in [6, 6.07) is 5.04. The molecule has 2 saturated heterocycles. The summed E-state index contributed by atoms with van der Waals surface area (Å²) in [5.41, 5.74) is -0.221. The Morgan fingerprint density at radius 1 is 1.34 bits per heavy atom. The Labute approximate surface area is 187 Å². The molecule has 1 aromatic carbocycles. The molecule has 172 valence electrons. The second-order valence-corrected chi connectivity index (χ2v) is 8.66. The number of carbonyl (C=O) groups excluding carboxylic acids is 3. The van der Waals surface area contributed by atoms with Gasteiger partial charge in [0, 0.05) is 48.9 Å². The third kappa shape index (κ3) is 3.92. The highest BCUT2D eigenvalue weighted by molar-refractivity contribution is 6.06. The lowest BCUT2D eigenvalue weighted by molar-refractivity contribution is -0.137. The van der Waals surface area contributed by atoms with Crippen LogP contribution in [0.3, 0.4) is 0 Å². The van der Waals surface area contributed by atoms with Crippen LogP contribution in [0.25, 0.3) is 0 Å². The molecule has 3 atom stereocenters. The van der Waals surface area contributed by atoms with Crippen molar-refractivity contribution in [1.29, 1.82) is 0 Å². The SMILES string of the molecule is C[C@@H](/C=C/CC(=O)N1CCC[C@H]1CO)[C@]1(O)C(=O)Nc2ccc(N3CCNCC3=O)cc21. The molecule has 3 heterocycles. The molecule has 0 bridgehead atoms. The number of hydrogen-bond acceptors (Lipinski definition) is 6. The van der Waals surface area contributed by atoms with E-state index >= 15 is 0 Å². The molecule has 0 aromatic heterocycles. The van der Waals surface area contributed by atoms with E-state index in [1.165, 1.54) is 0 Å². The summed E-state index contributed by atoms with van der Waals surface area (Å²) in [5.74, 6) is -1.27. The maximum atomic E-state index is 12.7. The van der Waals surface area contributed by atoms with Gasteiger partial charge in [-0.1, -0.05) is 19.1 Å². The molecule has 0 saturated carbocycles. The van der Waals surface area contributed by atoms with Crippen molar-refractivity contribution in [3.05, 3.63) is 35.9 Å². The molecule has 0 aliphatic carbocycles. The van der Waals surface area contributed by atoms with Gasteiger partial charge in [0.1, 0.15) is 0 Å². The Morgan fingerprint density at radius 3 is 2.91 bits per heavy atom. The topological polar surface area (TPSA) is 122 Å². The maximum Gasteiger partial charge on any atom is 0.261 e. The molecule has 9 heteroatoms. The lowest BCUT2D eigenvalue weighted by Gasteiger charge is -2.30. The van der Waals surface area contributed by atoms with Gasteiger partial charge in [0.05, 0.1) is 19.2 Å². The molecule has 2 fully saturated rings. The summed E-state index contributed by atoms with van der Waals surface area (Å²) >= 11 is 0. The minimum atomic E-state index is -1.80. The Balaban J connectivity index is 1.51. The van der Waals surface area contributed by atoms with Crippen LogP contribution >= 0.6 is 0 Å². The standard InChI is InChI=1S/C23H30N4O5/c1-15(4-2-6-20(29)26-10-3-5-17(26)14-28)23(32)18-12-16(7-8-19(18)25-22(23)31)27-11-9-24-13-21(27)30/h2,4,7-8,12,15,17,24,28,32H,3,5-6,9-11,13-14H2,1H3,(H,25,31)/b4-2+/t15-,17-,23+/m0/s1. The minimum absolute atomic E-state index is 0.0412. The average molecular weight is 443 g/mol. The van der Waals surface area contributed by atoms with Gasteiger partial charge < -0.3 is 30.6 Å². The molecule has 3 aliphatic heterocycles. The number of likely N-dealkylation sites (tertiary alicyclic amines) is 1. The van der Waals surface area contributed by atoms with Crippen molar-refractivity contribution in [3.63, 3.8) is 0 Å². The number of anilines is 2. The first-order chi connectivity index (χ1) is 15.4. The molecule has 0 radical (unpaired) electrons. The number of piperazine rings is 1. The first-order valence-electron chi connectivity index (χ1n) is 11.1. The van der Waals surface area contributed by atoms with Crippen LogP contribution in [0.4, 0.5) is 11.4 Å². The van der Waals surface area contributed by atoms with E-state index in [-0.39, 0.29) is 37.4 Å². The average Bonchev–Trinajstić information content (AvgIpc) is 3.37. The van der Waals surface area contributed by atoms with Crippen LogP contribution in [-0.4, -0.2) is 71.7 Å². The molecular weight excluding hydrogens is 412 g/mol. The molecule has 1 aromatic rings. The normalized spacial score (nSPS) is 26.5. The van der Waals surface area contributed by atoms with E-state index in [4.69, 9.17) is 0 Å². The van der Waals surface area contributed by atoms with Crippen molar-refractivity contribution in [2.45, 2.75) is 37.8 Å². The number of nitrogens with one attached hydrogen (secondary N) is 2. The largest absolute Gasteiger partial charge is 0.394 e. The summed E-state index contributed by atoms with van der Waals surface area (Å²) in [6.07, 6.45) is 5.18. The highest BCUT2D eigenvalue weighted by Crippen LogP contribution is 2.43. The third-order valence-electron chi connectivity index (χ3n) is 6.69. The maximum absolute atomic E-state index is 12.7. The predicted octanol–water partition coefficient (Wildman–Crippen LogP) is 0.328. The smallest absolute Gasteiger partial charge is 0.261 e. The summed E-state index contributed by atoms with van der Waals surface area (Å²) < 4.78 is 0. The van der Waals surface area contributed by atoms with Crippen molar-refractivity contribution >= 4 is 29.1 Å². The minimum Gasteiger partial charge on any atom is -0.394 e. The first kappa shape index (κ1) is 22.4. The van der Waals surface area contributed by atoms with Crippen LogP contribution in [0.15, 0.2) is 30.4 Å². The lowest BCUT2D eigenvalue weighted by Crippen LogP contribution is -2.48. The molecule has 0 spiro atoms. The van der Waals surface area contributed by atoms with Gasteiger partial charge in [-0.15, -0.1) is 0 Å². The van der Waals surface area contributed by atoms with E-state index in [1.54, 1.807) is 47.1 Å². The Morgan fingerprint density at radius 2 is 2.16 bits per heavy atom. The van der Waals surface area contributed by atoms with Crippen LogP contribution in [-0.2, 0) is 20.0 Å². The molecule has 0 unspecified atom stereocenters. The van der Waals surface area contributed by atoms with E-state index in [2.05, 4.69) is 10.6 Å². The number of benzene rings is 1. The summed E-state index contributed by atoms with van der Waals surface area (Å²) in [6.45, 7) is 3.76. The van der Waals surface area contributed by atoms with Gasteiger partial charge in [-0.2, -0.15) is 0 Å². The molecular formula is C23H30N4O5. The Kier molecular flexibility index (Phi) is 6.32. The van der Waals surface area contributed by atoms with Crippen molar-refractivity contribution in [2.24, 2.45) is 5.92 Å². The highest BCUT2D eigenvalue weighted by atomic mass is 16.3. The summed E-state index contributed by atoms with van der Waals surface area (Å²) in [4.78, 5) is 40.8. The van der Waals surface area contributed by atoms with Crippen LogP contribution in [0.1, 0.15) is 31.7 Å². The fourth-order valence-electron chi connectivity index (χ4n) is 4.78. The third-order valence-corrected chi connectivity index (χ3v) is 6.69. The van der Waals surface area contributed by atoms with Crippen molar-refractivity contribution in [1.82, 2.24) is 10.2 Å². The molecule has 3 aliphatic rings. The number of rotatable bonds is 6. The van der Waals surface area contributed by atoms with Gasteiger partial charge in [-0.25, -0.2) is 0 Å². The van der Waals surface area contributed by atoms with E-state index in [0.29, 0.717) is 36.6 Å². The van der Waals surface area contributed by atoms with E-state index in [0.717, 1.165) is 12.8 Å².